The van der Waals surface area contributed by atoms with E-state index < -0.39 is 20.6 Å². The van der Waals surface area contributed by atoms with Crippen LogP contribution in [0.3, 0.4) is 0 Å². The number of nitrogens with zero attached hydrogens (tertiary/aromatic N) is 9. The lowest BCUT2D eigenvalue weighted by Gasteiger charge is -1.94. The highest BCUT2D eigenvalue weighted by atomic mass is 32.2. The van der Waals surface area contributed by atoms with Crippen LogP contribution in [0.2, 0.25) is 0 Å². The number of H-pyrrole nitrogens is 3. The van der Waals surface area contributed by atoms with Crippen molar-refractivity contribution in [1.82, 2.24) is 59.2 Å². The molecule has 18 nitrogen and oxygen atoms in total. The largest absolute Gasteiger partial charge is 0.323 e. The summed E-state index contributed by atoms with van der Waals surface area (Å²) in [7, 11) is 0.838. The number of aromatic nitrogens is 12. The van der Waals surface area contributed by atoms with Crippen molar-refractivity contribution in [3.05, 3.63) is 49.7 Å². The number of aromatic amines is 3. The van der Waals surface area contributed by atoms with E-state index >= 15 is 0 Å². The van der Waals surface area contributed by atoms with E-state index in [-0.39, 0.29) is 21.0 Å². The first kappa shape index (κ1) is 34.8. The molecule has 9 aromatic rings. The Labute approximate surface area is 303 Å². The lowest BCUT2D eigenvalue weighted by molar-refractivity contribution is 0.601. The molecule has 3 N–H and O–H groups in total. The second kappa shape index (κ2) is 12.9. The lowest BCUT2D eigenvalue weighted by atomic mass is 10.4. The van der Waals surface area contributed by atoms with E-state index in [9.17, 15) is 27.0 Å². The standard InChI is InChI=1S/C9H8N4O3S2.C9H8N4O2S2.C9H8N4OS2/c1-13-5-4(3-10-12-8(5)14)6-7(13)11-9(17-6)18(2,15)16;1-13-5-4(3-10-12-8(5)14)6-7(13)11-9(16-6)17(2)15;1-13-5-4(3-10-12-8(5)14)6-7(13)11-9(15-2)16-6/h3H,1-2H3,(H,12,14);3H,1-2H3,(H,12,14);3H,1-2H3,(H,12,14). The minimum absolute atomic E-state index is 0.0466. The third kappa shape index (κ3) is 5.80. The summed E-state index contributed by atoms with van der Waals surface area (Å²) in [6.45, 7) is 0. The number of rotatable bonds is 3. The molecule has 0 aliphatic rings. The zero-order chi connectivity index (χ0) is 36.5. The van der Waals surface area contributed by atoms with E-state index in [1.807, 2.05) is 17.9 Å². The SMILES string of the molecule is CSc1nc2c(s1)c1cn[nH]c(=O)c1n2C.Cn1c2nc(S(C)(=O)=O)sc2c2cn[nH]c(=O)c21.Cn1c2nc(S(C)=O)sc2c2cn[nH]c(=O)c21. The molecule has 0 fully saturated rings. The fraction of sp³-hybridized carbons (Fsp3) is 0.222. The van der Waals surface area contributed by atoms with E-state index in [0.717, 1.165) is 47.8 Å². The molecule has 51 heavy (non-hydrogen) atoms. The zero-order valence-corrected chi connectivity index (χ0v) is 32.1. The quantitative estimate of drug-likeness (QED) is 0.218. The first-order valence-electron chi connectivity index (χ1n) is 14.3. The molecule has 24 heteroatoms. The molecule has 0 spiro atoms. The number of thiazole rings is 3. The molecule has 9 heterocycles. The van der Waals surface area contributed by atoms with Crippen LogP contribution in [-0.4, -0.2) is 90.6 Å². The molecule has 0 saturated heterocycles. The maximum atomic E-state index is 11.7. The van der Waals surface area contributed by atoms with Gasteiger partial charge in [-0.05, 0) is 6.26 Å². The predicted molar refractivity (Wildman–Crippen MR) is 201 cm³/mol. The van der Waals surface area contributed by atoms with E-state index in [2.05, 4.69) is 45.5 Å². The number of nitrogens with one attached hydrogen (secondary N) is 3. The van der Waals surface area contributed by atoms with Crippen molar-refractivity contribution < 1.29 is 12.6 Å². The summed E-state index contributed by atoms with van der Waals surface area (Å²) in [6, 6.07) is 0. The molecule has 0 amide bonds. The zero-order valence-electron chi connectivity index (χ0n) is 27.2. The first-order valence-corrected chi connectivity index (χ1v) is 21.4. The van der Waals surface area contributed by atoms with E-state index in [0.29, 0.717) is 42.3 Å². The van der Waals surface area contributed by atoms with Crippen LogP contribution in [-0.2, 0) is 41.8 Å². The van der Waals surface area contributed by atoms with Crippen LogP contribution in [0.1, 0.15) is 0 Å². The van der Waals surface area contributed by atoms with Gasteiger partial charge in [0.25, 0.3) is 16.7 Å². The fourth-order valence-corrected chi connectivity index (χ4v) is 10.8. The van der Waals surface area contributed by atoms with Gasteiger partial charge in [0.15, 0.2) is 25.6 Å². The van der Waals surface area contributed by atoms with Crippen molar-refractivity contribution in [1.29, 1.82) is 0 Å². The van der Waals surface area contributed by atoms with Gasteiger partial charge in [-0.2, -0.15) is 15.3 Å². The van der Waals surface area contributed by atoms with Crippen LogP contribution < -0.4 is 16.7 Å². The Morgan fingerprint density at radius 3 is 1.53 bits per heavy atom. The van der Waals surface area contributed by atoms with Crippen LogP contribution in [0.4, 0.5) is 0 Å². The van der Waals surface area contributed by atoms with Gasteiger partial charge in [-0.3, -0.25) is 18.6 Å². The van der Waals surface area contributed by atoms with Crippen LogP contribution >= 0.6 is 45.8 Å². The van der Waals surface area contributed by atoms with Gasteiger partial charge >= 0.3 is 0 Å². The molecule has 0 bridgehead atoms. The summed E-state index contributed by atoms with van der Waals surface area (Å²) in [5, 5.41) is 20.8. The van der Waals surface area contributed by atoms with Gasteiger partial charge in [0, 0.05) is 49.8 Å². The van der Waals surface area contributed by atoms with Crippen molar-refractivity contribution in [2.45, 2.75) is 13.0 Å². The van der Waals surface area contributed by atoms with Crippen LogP contribution in [0.5, 0.6) is 0 Å². The predicted octanol–water partition coefficient (Wildman–Crippen LogP) is 2.48. The molecule has 9 aromatic heterocycles. The third-order valence-corrected chi connectivity index (χ3v) is 14.9. The summed E-state index contributed by atoms with van der Waals surface area (Å²) in [5.41, 5.74) is 2.90. The summed E-state index contributed by atoms with van der Waals surface area (Å²) in [4.78, 5) is 47.8. The van der Waals surface area contributed by atoms with Crippen LogP contribution in [0.15, 0.2) is 46.0 Å². The number of aryl methyl sites for hydroxylation is 3. The summed E-state index contributed by atoms with van der Waals surface area (Å²) < 4.78 is 43.6. The van der Waals surface area contributed by atoms with Gasteiger partial charge in [0.2, 0.25) is 14.2 Å². The number of fused-ring (bicyclic) bond motifs is 9. The van der Waals surface area contributed by atoms with Gasteiger partial charge in [-0.1, -0.05) is 11.8 Å². The maximum absolute atomic E-state index is 11.7. The number of hydrogen-bond donors (Lipinski definition) is 3. The van der Waals surface area contributed by atoms with Crippen LogP contribution in [0.25, 0.3) is 63.8 Å². The molecule has 0 saturated carbocycles. The summed E-state index contributed by atoms with van der Waals surface area (Å²) >= 11 is 5.59. The van der Waals surface area contributed by atoms with E-state index in [4.69, 9.17) is 0 Å². The first-order chi connectivity index (χ1) is 24.2. The monoisotopic (exact) mass is 804 g/mol. The van der Waals surface area contributed by atoms with Crippen molar-refractivity contribution in [2.75, 3.05) is 18.8 Å². The minimum Gasteiger partial charge on any atom is -0.323 e. The number of hydrogen-bond acceptors (Lipinski definition) is 16. The van der Waals surface area contributed by atoms with Gasteiger partial charge in [0.05, 0.1) is 43.5 Å². The maximum Gasteiger partial charge on any atom is 0.288 e. The number of thioether (sulfide) groups is 1. The molecule has 0 aliphatic heterocycles. The van der Waals surface area contributed by atoms with Gasteiger partial charge in [-0.25, -0.2) is 38.7 Å². The lowest BCUT2D eigenvalue weighted by Crippen LogP contribution is -2.10. The molecule has 0 aromatic carbocycles. The van der Waals surface area contributed by atoms with Gasteiger partial charge in [0.1, 0.15) is 16.6 Å². The molecule has 1 atom stereocenters. The van der Waals surface area contributed by atoms with Crippen LogP contribution in [0, 0.1) is 0 Å². The highest BCUT2D eigenvalue weighted by Gasteiger charge is 2.21. The van der Waals surface area contributed by atoms with Gasteiger partial charge in [-0.15, -0.1) is 34.0 Å². The normalized spacial score (nSPS) is 12.6. The molecule has 0 aliphatic carbocycles. The van der Waals surface area contributed by atoms with Crippen molar-refractivity contribution in [3.8, 4) is 0 Å². The molecular formula is C27H24N12O6S6. The Morgan fingerprint density at radius 1 is 0.686 bits per heavy atom. The average molecular weight is 805 g/mol. The second-order valence-electron chi connectivity index (χ2n) is 10.9. The summed E-state index contributed by atoms with van der Waals surface area (Å²) in [5.74, 6) is 0. The Balaban J connectivity index is 0.000000120. The Bertz CT molecular complexity index is 3150. The molecular weight excluding hydrogens is 781 g/mol. The highest BCUT2D eigenvalue weighted by Crippen LogP contribution is 2.35. The molecule has 0 radical (unpaired) electrons. The minimum atomic E-state index is -3.34. The average Bonchev–Trinajstić information content (AvgIpc) is 3.92. The van der Waals surface area contributed by atoms with Crippen molar-refractivity contribution in [2.24, 2.45) is 21.1 Å². The summed E-state index contributed by atoms with van der Waals surface area (Å²) in [6.07, 6.45) is 9.47. The highest BCUT2D eigenvalue weighted by molar-refractivity contribution is 8.00. The third-order valence-electron chi connectivity index (χ3n) is 7.69. The molecule has 264 valence electrons. The van der Waals surface area contributed by atoms with E-state index in [1.165, 1.54) is 17.5 Å². The number of sulfone groups is 1. The second-order valence-corrected chi connectivity index (χ2v) is 18.7. The van der Waals surface area contributed by atoms with Crippen molar-refractivity contribution in [3.63, 3.8) is 0 Å². The molecule has 9 rings (SSSR count). The van der Waals surface area contributed by atoms with Crippen molar-refractivity contribution >= 4 is 130 Å². The topological polar surface area (TPSA) is 242 Å². The molecule has 1 unspecified atom stereocenters. The smallest absolute Gasteiger partial charge is 0.288 e. The van der Waals surface area contributed by atoms with Gasteiger partial charge < -0.3 is 13.7 Å². The Morgan fingerprint density at radius 2 is 1.10 bits per heavy atom. The Hall–Kier alpha value is -4.62. The van der Waals surface area contributed by atoms with E-state index in [1.54, 1.807) is 65.0 Å². The Kier molecular flexibility index (Phi) is 8.78. The fourth-order valence-electron chi connectivity index (χ4n) is 5.45.